The number of nitrogen functional groups attached to an aromatic ring is 1. The molecule has 0 aliphatic carbocycles. The molecule has 3 heterocycles. The fraction of sp³-hybridized carbons (Fsp3) is 0.316. The summed E-state index contributed by atoms with van der Waals surface area (Å²) >= 11 is 0. The van der Waals surface area contributed by atoms with Crippen LogP contribution in [-0.4, -0.2) is 36.2 Å². The number of aromatic nitrogens is 1. The highest BCUT2D eigenvalue weighted by Crippen LogP contribution is 2.36. The monoisotopic (exact) mass is 384 g/mol. The number of nitrogens with one attached hydrogen (secondary N) is 1. The van der Waals surface area contributed by atoms with Crippen molar-refractivity contribution in [2.24, 2.45) is 5.92 Å². The van der Waals surface area contributed by atoms with E-state index in [-0.39, 0.29) is 42.7 Å². The van der Waals surface area contributed by atoms with Gasteiger partial charge < -0.3 is 25.3 Å². The Morgan fingerprint density at radius 2 is 2.00 bits per heavy atom. The molecule has 2 aromatic rings. The molecule has 1 aromatic carbocycles. The molecule has 1 atom stereocenters. The molecule has 146 valence electrons. The summed E-state index contributed by atoms with van der Waals surface area (Å²) in [5, 5.41) is 2.76. The van der Waals surface area contributed by atoms with E-state index in [0.29, 0.717) is 22.9 Å². The topological polar surface area (TPSA) is 116 Å². The normalized spacial score (nSPS) is 17.3. The van der Waals surface area contributed by atoms with Crippen LogP contribution in [-0.2, 0) is 9.59 Å². The largest absolute Gasteiger partial charge is 0.476 e. The molecule has 2 amide bonds. The molecule has 9 nitrogen and oxygen atoms in total. The smallest absolute Gasteiger partial charge is 0.270 e. The molecule has 0 fully saturated rings. The van der Waals surface area contributed by atoms with Crippen LogP contribution in [0.1, 0.15) is 13.8 Å². The van der Waals surface area contributed by atoms with E-state index in [1.54, 1.807) is 30.3 Å². The molecule has 2 aliphatic rings. The Labute approximate surface area is 161 Å². The lowest BCUT2D eigenvalue weighted by Crippen LogP contribution is -2.51. The van der Waals surface area contributed by atoms with Crippen molar-refractivity contribution in [1.82, 2.24) is 4.98 Å². The van der Waals surface area contributed by atoms with Crippen LogP contribution in [0.15, 0.2) is 30.3 Å². The summed E-state index contributed by atoms with van der Waals surface area (Å²) in [5.74, 6) is 1.28. The van der Waals surface area contributed by atoms with Gasteiger partial charge in [-0.05, 0) is 30.2 Å². The minimum Gasteiger partial charge on any atom is -0.476 e. The van der Waals surface area contributed by atoms with E-state index in [1.165, 1.54) is 4.90 Å². The van der Waals surface area contributed by atoms with Gasteiger partial charge >= 0.3 is 0 Å². The quantitative estimate of drug-likeness (QED) is 0.825. The van der Waals surface area contributed by atoms with Gasteiger partial charge in [0, 0.05) is 11.8 Å². The van der Waals surface area contributed by atoms with Crippen molar-refractivity contribution in [2.45, 2.75) is 20.0 Å². The van der Waals surface area contributed by atoms with Gasteiger partial charge in [0.2, 0.25) is 12.7 Å². The molecule has 28 heavy (non-hydrogen) atoms. The van der Waals surface area contributed by atoms with Crippen LogP contribution in [0.2, 0.25) is 0 Å². The Kier molecular flexibility index (Phi) is 4.42. The maximum atomic E-state index is 12.9. The van der Waals surface area contributed by atoms with Gasteiger partial charge in [0.15, 0.2) is 29.2 Å². The lowest BCUT2D eigenvalue weighted by molar-refractivity contribution is -0.129. The van der Waals surface area contributed by atoms with Gasteiger partial charge in [-0.1, -0.05) is 13.8 Å². The second-order valence-corrected chi connectivity index (χ2v) is 6.88. The van der Waals surface area contributed by atoms with Crippen LogP contribution >= 0.6 is 0 Å². The Hall–Kier alpha value is -3.49. The summed E-state index contributed by atoms with van der Waals surface area (Å²) in [6, 6.07) is 8.33. The molecule has 2 aliphatic heterocycles. The number of carbonyl (C=O) groups excluding carboxylic acids is 2. The van der Waals surface area contributed by atoms with Gasteiger partial charge in [-0.3, -0.25) is 14.5 Å². The Bertz CT molecular complexity index is 946. The standard InChI is InChI=1S/C19H20N4O5/c1-10(2)17-19(25)23(18-13(28-17)5-6-15(20)22-18)8-16(24)21-11-3-4-12-14(7-11)27-9-26-12/h3-7,10,17H,8-9H2,1-2H3,(H2,20,22)(H,21,24). The molecular weight excluding hydrogens is 364 g/mol. The first-order valence-corrected chi connectivity index (χ1v) is 8.86. The lowest BCUT2D eigenvalue weighted by Gasteiger charge is -2.34. The third kappa shape index (κ3) is 3.26. The Balaban J connectivity index is 1.56. The molecule has 0 saturated heterocycles. The highest BCUT2D eigenvalue weighted by Gasteiger charge is 2.38. The van der Waals surface area contributed by atoms with Crippen molar-refractivity contribution in [3.05, 3.63) is 30.3 Å². The van der Waals surface area contributed by atoms with Crippen molar-refractivity contribution in [3.63, 3.8) is 0 Å². The number of nitrogens with zero attached hydrogens (tertiary/aromatic N) is 2. The van der Waals surface area contributed by atoms with E-state index < -0.39 is 6.10 Å². The van der Waals surface area contributed by atoms with Crippen molar-refractivity contribution < 1.29 is 23.8 Å². The number of hydrogen-bond acceptors (Lipinski definition) is 7. The number of carbonyl (C=O) groups is 2. The van der Waals surface area contributed by atoms with Crippen molar-refractivity contribution in [1.29, 1.82) is 0 Å². The SMILES string of the molecule is CC(C)C1Oc2ccc(N)nc2N(CC(=O)Nc2ccc3c(c2)OCO3)C1=O. The predicted molar refractivity (Wildman–Crippen MR) is 101 cm³/mol. The molecule has 0 spiro atoms. The number of rotatable bonds is 4. The van der Waals surface area contributed by atoms with Crippen LogP contribution in [0.5, 0.6) is 17.2 Å². The molecular formula is C19H20N4O5. The number of fused-ring (bicyclic) bond motifs is 2. The minimum atomic E-state index is -0.698. The molecule has 0 saturated carbocycles. The average Bonchev–Trinajstić information content (AvgIpc) is 3.11. The van der Waals surface area contributed by atoms with Crippen molar-refractivity contribution in [2.75, 3.05) is 29.3 Å². The maximum Gasteiger partial charge on any atom is 0.270 e. The van der Waals surface area contributed by atoms with Crippen LogP contribution < -0.4 is 30.2 Å². The number of pyridine rings is 1. The summed E-state index contributed by atoms with van der Waals surface area (Å²) < 4.78 is 16.3. The van der Waals surface area contributed by atoms with Gasteiger partial charge in [0.25, 0.3) is 5.91 Å². The van der Waals surface area contributed by atoms with Crippen LogP contribution in [0, 0.1) is 5.92 Å². The van der Waals surface area contributed by atoms with Gasteiger partial charge in [-0.15, -0.1) is 0 Å². The number of amides is 2. The van der Waals surface area contributed by atoms with Crippen LogP contribution in [0.3, 0.4) is 0 Å². The predicted octanol–water partition coefficient (Wildman–Crippen LogP) is 1.78. The third-order valence-electron chi connectivity index (χ3n) is 4.44. The molecule has 9 heteroatoms. The van der Waals surface area contributed by atoms with E-state index in [1.807, 2.05) is 13.8 Å². The summed E-state index contributed by atoms with van der Waals surface area (Å²) in [7, 11) is 0. The number of anilines is 3. The first-order chi connectivity index (χ1) is 13.4. The highest BCUT2D eigenvalue weighted by molar-refractivity contribution is 6.05. The van der Waals surface area contributed by atoms with Gasteiger partial charge in [0.05, 0.1) is 0 Å². The first-order valence-electron chi connectivity index (χ1n) is 8.86. The highest BCUT2D eigenvalue weighted by atomic mass is 16.7. The van der Waals surface area contributed by atoms with E-state index in [4.69, 9.17) is 19.9 Å². The molecule has 4 rings (SSSR count). The van der Waals surface area contributed by atoms with E-state index in [2.05, 4.69) is 10.3 Å². The molecule has 1 aromatic heterocycles. The molecule has 1 unspecified atom stereocenters. The van der Waals surface area contributed by atoms with Gasteiger partial charge in [-0.2, -0.15) is 0 Å². The lowest BCUT2D eigenvalue weighted by atomic mass is 10.0. The molecule has 0 bridgehead atoms. The van der Waals surface area contributed by atoms with E-state index >= 15 is 0 Å². The number of hydrogen-bond donors (Lipinski definition) is 2. The average molecular weight is 384 g/mol. The minimum absolute atomic E-state index is 0.0716. The van der Waals surface area contributed by atoms with Crippen LogP contribution in [0.4, 0.5) is 17.3 Å². The van der Waals surface area contributed by atoms with Gasteiger partial charge in [0.1, 0.15) is 12.4 Å². The first kappa shape index (κ1) is 17.9. The zero-order chi connectivity index (χ0) is 19.8. The third-order valence-corrected chi connectivity index (χ3v) is 4.44. The second kappa shape index (κ2) is 6.91. The van der Waals surface area contributed by atoms with Crippen LogP contribution in [0.25, 0.3) is 0 Å². The van der Waals surface area contributed by atoms with E-state index in [0.717, 1.165) is 0 Å². The fourth-order valence-corrected chi connectivity index (χ4v) is 3.07. The maximum absolute atomic E-state index is 12.9. The summed E-state index contributed by atoms with van der Waals surface area (Å²) in [6.45, 7) is 3.69. The Morgan fingerprint density at radius 3 is 2.79 bits per heavy atom. The number of ether oxygens (including phenoxy) is 3. The molecule has 3 N–H and O–H groups in total. The van der Waals surface area contributed by atoms with Crippen molar-refractivity contribution >= 4 is 29.1 Å². The fourth-order valence-electron chi connectivity index (χ4n) is 3.07. The van der Waals surface area contributed by atoms with Gasteiger partial charge in [-0.25, -0.2) is 4.98 Å². The zero-order valence-corrected chi connectivity index (χ0v) is 15.5. The summed E-state index contributed by atoms with van der Waals surface area (Å²) in [5.41, 5.74) is 6.30. The number of benzene rings is 1. The second-order valence-electron chi connectivity index (χ2n) is 6.88. The molecule has 0 radical (unpaired) electrons. The van der Waals surface area contributed by atoms with E-state index in [9.17, 15) is 9.59 Å². The summed E-state index contributed by atoms with van der Waals surface area (Å²) in [6.07, 6.45) is -0.698. The summed E-state index contributed by atoms with van der Waals surface area (Å²) in [4.78, 5) is 31.0. The Morgan fingerprint density at radius 1 is 1.25 bits per heavy atom. The number of nitrogens with two attached hydrogens (primary N) is 1. The zero-order valence-electron chi connectivity index (χ0n) is 15.5. The van der Waals surface area contributed by atoms with Crippen molar-refractivity contribution in [3.8, 4) is 17.2 Å².